The molecule has 6 aromatic rings. The van der Waals surface area contributed by atoms with Gasteiger partial charge in [0.2, 0.25) is 0 Å². The van der Waals surface area contributed by atoms with E-state index in [-0.39, 0.29) is 10.5 Å². The molecule has 0 saturated heterocycles. The number of carboxylic acids is 1. The van der Waals surface area contributed by atoms with E-state index in [0.29, 0.717) is 38.9 Å². The summed E-state index contributed by atoms with van der Waals surface area (Å²) < 4.78 is 27.8. The van der Waals surface area contributed by atoms with Crippen LogP contribution in [0, 0.1) is 0 Å². The van der Waals surface area contributed by atoms with Gasteiger partial charge in [-0.3, -0.25) is 4.72 Å². The molecule has 10 heteroatoms. The van der Waals surface area contributed by atoms with Crippen LogP contribution in [0.5, 0.6) is 0 Å². The molecule has 0 amide bonds. The van der Waals surface area contributed by atoms with Crippen LogP contribution in [0.3, 0.4) is 0 Å². The lowest BCUT2D eigenvalue weighted by molar-refractivity contribution is 0.0699. The summed E-state index contributed by atoms with van der Waals surface area (Å²) in [5.41, 5.74) is 3.68. The van der Waals surface area contributed by atoms with Crippen LogP contribution in [0.25, 0.3) is 38.9 Å². The number of fused-ring (bicyclic) bond motifs is 3. The molecule has 0 spiro atoms. The molecule has 2 heterocycles. The fourth-order valence-electron chi connectivity index (χ4n) is 4.22. The van der Waals surface area contributed by atoms with Gasteiger partial charge < -0.3 is 5.11 Å². The van der Waals surface area contributed by atoms with Crippen molar-refractivity contribution in [1.82, 2.24) is 20.0 Å². The third-order valence-corrected chi connectivity index (χ3v) is 7.42. The Kier molecular flexibility index (Phi) is 5.58. The Balaban J connectivity index is 1.39. The Morgan fingerprint density at radius 2 is 1.45 bits per heavy atom. The van der Waals surface area contributed by atoms with E-state index in [1.165, 1.54) is 23.0 Å². The second kappa shape index (κ2) is 9.09. The molecule has 2 N–H and O–H groups in total. The molecule has 0 aliphatic rings. The number of benzene rings is 4. The minimum absolute atomic E-state index is 0.0459. The van der Waals surface area contributed by atoms with Crippen LogP contribution >= 0.6 is 0 Å². The lowest BCUT2D eigenvalue weighted by Gasteiger charge is -2.10. The summed E-state index contributed by atoms with van der Waals surface area (Å²) in [5, 5.41) is 19.5. The van der Waals surface area contributed by atoms with E-state index in [4.69, 9.17) is 4.98 Å². The first-order valence-corrected chi connectivity index (χ1v) is 13.1. The van der Waals surface area contributed by atoms with Crippen molar-refractivity contribution in [1.29, 1.82) is 0 Å². The zero-order chi connectivity index (χ0) is 26.3. The molecule has 0 aliphatic carbocycles. The highest BCUT2D eigenvalue weighted by Crippen LogP contribution is 2.30. The lowest BCUT2D eigenvalue weighted by Crippen LogP contribution is -2.12. The predicted molar refractivity (Wildman–Crippen MR) is 144 cm³/mol. The number of pyridine rings is 1. The molecule has 9 nitrogen and oxygen atoms in total. The smallest absolute Gasteiger partial charge is 0.336 e. The summed E-state index contributed by atoms with van der Waals surface area (Å²) in [6.07, 6.45) is 0. The predicted octanol–water partition coefficient (Wildman–Crippen LogP) is 5.13. The van der Waals surface area contributed by atoms with Gasteiger partial charge in [0, 0.05) is 16.6 Å². The highest BCUT2D eigenvalue weighted by molar-refractivity contribution is 7.92. The number of hydrogen-bond acceptors (Lipinski definition) is 6. The Morgan fingerprint density at radius 3 is 2.13 bits per heavy atom. The molecule has 0 saturated carbocycles. The molecular formula is C28H19N5O4S. The topological polar surface area (TPSA) is 127 Å². The molecule has 0 fully saturated rings. The van der Waals surface area contributed by atoms with Gasteiger partial charge in [-0.2, -0.15) is 4.80 Å². The monoisotopic (exact) mass is 521 g/mol. The Labute approximate surface area is 217 Å². The summed E-state index contributed by atoms with van der Waals surface area (Å²) in [4.78, 5) is 18.6. The van der Waals surface area contributed by atoms with Gasteiger partial charge in [-0.15, -0.1) is 10.2 Å². The van der Waals surface area contributed by atoms with Crippen molar-refractivity contribution >= 4 is 43.6 Å². The maximum absolute atomic E-state index is 12.6. The maximum Gasteiger partial charge on any atom is 0.336 e. The molecular weight excluding hydrogens is 502 g/mol. The second-order valence-electron chi connectivity index (χ2n) is 8.51. The van der Waals surface area contributed by atoms with Crippen molar-refractivity contribution in [3.8, 4) is 16.9 Å². The van der Waals surface area contributed by atoms with Crippen LogP contribution in [0.4, 0.5) is 5.69 Å². The summed E-state index contributed by atoms with van der Waals surface area (Å²) in [7, 11) is -3.73. The molecule has 4 aromatic carbocycles. The first-order chi connectivity index (χ1) is 18.4. The zero-order valence-electron chi connectivity index (χ0n) is 19.7. The average Bonchev–Trinajstić information content (AvgIpc) is 3.38. The molecule has 6 rings (SSSR count). The van der Waals surface area contributed by atoms with Gasteiger partial charge in [-0.25, -0.2) is 18.2 Å². The summed E-state index contributed by atoms with van der Waals surface area (Å²) >= 11 is 0. The molecule has 0 atom stereocenters. The third kappa shape index (κ3) is 4.22. The molecule has 38 heavy (non-hydrogen) atoms. The normalized spacial score (nSPS) is 11.6. The Bertz CT molecular complexity index is 1920. The molecule has 186 valence electrons. The minimum atomic E-state index is -3.73. The van der Waals surface area contributed by atoms with E-state index < -0.39 is 16.0 Å². The van der Waals surface area contributed by atoms with E-state index in [1.807, 2.05) is 30.3 Å². The van der Waals surface area contributed by atoms with Gasteiger partial charge in [0.25, 0.3) is 10.0 Å². The highest BCUT2D eigenvalue weighted by Gasteiger charge is 2.19. The van der Waals surface area contributed by atoms with Gasteiger partial charge in [0.15, 0.2) is 0 Å². The number of nitrogens with one attached hydrogen (secondary N) is 1. The number of nitrogens with zero attached hydrogens (tertiary/aromatic N) is 4. The number of sulfonamides is 1. The number of carbonyl (C=O) groups is 1. The van der Waals surface area contributed by atoms with E-state index in [0.717, 1.165) is 5.69 Å². The van der Waals surface area contributed by atoms with Crippen molar-refractivity contribution < 1.29 is 18.3 Å². The van der Waals surface area contributed by atoms with Crippen LogP contribution < -0.4 is 4.72 Å². The van der Waals surface area contributed by atoms with Crippen LogP contribution in [-0.2, 0) is 10.0 Å². The van der Waals surface area contributed by atoms with Gasteiger partial charge in [-0.1, -0.05) is 48.5 Å². The number of rotatable bonds is 6. The summed E-state index contributed by atoms with van der Waals surface area (Å²) in [6.45, 7) is 0. The van der Waals surface area contributed by atoms with Crippen LogP contribution in [0.2, 0.25) is 0 Å². The average molecular weight is 522 g/mol. The Morgan fingerprint density at radius 1 is 0.789 bits per heavy atom. The van der Waals surface area contributed by atoms with E-state index in [2.05, 4.69) is 14.9 Å². The quantitative estimate of drug-likeness (QED) is 0.311. The molecule has 0 bridgehead atoms. The van der Waals surface area contributed by atoms with Crippen molar-refractivity contribution in [3.05, 3.63) is 109 Å². The number of aromatic carboxylic acids is 1. The molecule has 0 aliphatic heterocycles. The first-order valence-electron chi connectivity index (χ1n) is 11.6. The minimum Gasteiger partial charge on any atom is -0.478 e. The zero-order valence-corrected chi connectivity index (χ0v) is 20.5. The number of aromatic nitrogens is 4. The van der Waals surface area contributed by atoms with Crippen LogP contribution in [0.1, 0.15) is 10.4 Å². The van der Waals surface area contributed by atoms with Crippen molar-refractivity contribution in [2.24, 2.45) is 0 Å². The lowest BCUT2D eigenvalue weighted by atomic mass is 10.0. The van der Waals surface area contributed by atoms with Gasteiger partial charge in [0.05, 0.1) is 27.4 Å². The fraction of sp³-hybridized carbons (Fsp3) is 0. The Hall–Kier alpha value is -5.09. The van der Waals surface area contributed by atoms with Gasteiger partial charge in [0.1, 0.15) is 11.0 Å². The number of para-hydroxylation sites is 1. The second-order valence-corrected chi connectivity index (χ2v) is 10.2. The standard InChI is InChI=1S/C28H19N5O4S/c34-28(35)22-17-25(18-11-13-19(14-12-18)32-38(36,37)21-9-5-2-6-10-21)29-23-15-16-24-27(26(22)23)31-33(30-24)20-7-3-1-4-8-20/h1-17,32H,(H,34,35). The summed E-state index contributed by atoms with van der Waals surface area (Å²) in [5.74, 6) is -1.12. The molecule has 0 radical (unpaired) electrons. The maximum atomic E-state index is 12.6. The number of hydrogen-bond donors (Lipinski definition) is 2. The van der Waals surface area contributed by atoms with Gasteiger partial charge in [-0.05, 0) is 54.6 Å². The number of carboxylic acid groups (broad SMARTS) is 1. The third-order valence-electron chi connectivity index (χ3n) is 6.03. The molecule has 2 aromatic heterocycles. The van der Waals surface area contributed by atoms with E-state index in [1.54, 1.807) is 54.6 Å². The van der Waals surface area contributed by atoms with Crippen LogP contribution in [-0.4, -0.2) is 39.5 Å². The van der Waals surface area contributed by atoms with E-state index in [9.17, 15) is 18.3 Å². The van der Waals surface area contributed by atoms with Crippen molar-refractivity contribution in [3.63, 3.8) is 0 Å². The molecule has 0 unspecified atom stereocenters. The SMILES string of the molecule is O=C(O)c1cc(-c2ccc(NS(=O)(=O)c3ccccc3)cc2)nc2ccc3nn(-c4ccccc4)nc3c12. The number of anilines is 1. The van der Waals surface area contributed by atoms with Crippen molar-refractivity contribution in [2.75, 3.05) is 4.72 Å². The first kappa shape index (κ1) is 23.3. The fourth-order valence-corrected chi connectivity index (χ4v) is 5.30. The van der Waals surface area contributed by atoms with E-state index >= 15 is 0 Å². The highest BCUT2D eigenvalue weighted by atomic mass is 32.2. The van der Waals surface area contributed by atoms with Crippen LogP contribution in [0.15, 0.2) is 108 Å². The van der Waals surface area contributed by atoms with Crippen molar-refractivity contribution in [2.45, 2.75) is 4.90 Å². The largest absolute Gasteiger partial charge is 0.478 e. The van der Waals surface area contributed by atoms with Gasteiger partial charge >= 0.3 is 5.97 Å². The summed E-state index contributed by atoms with van der Waals surface area (Å²) in [6, 6.07) is 29.0.